The molecule has 0 saturated carbocycles. The molecule has 2 fully saturated rings. The maximum atomic E-state index is 5.97. The lowest BCUT2D eigenvalue weighted by molar-refractivity contribution is 0.0126. The van der Waals surface area contributed by atoms with Crippen molar-refractivity contribution in [1.82, 2.24) is 15.3 Å². The van der Waals surface area contributed by atoms with Crippen LogP contribution < -0.4 is 5.43 Å². The Morgan fingerprint density at radius 3 is 2.79 bits per heavy atom. The number of piperidine rings is 1. The summed E-state index contributed by atoms with van der Waals surface area (Å²) >= 11 is 0. The number of fused-ring (bicyclic) bond motifs is 1. The predicted octanol–water partition coefficient (Wildman–Crippen LogP) is 2.21. The molecular weight excluding hydrogens is 238 g/mol. The van der Waals surface area contributed by atoms with Crippen molar-refractivity contribution in [2.45, 2.75) is 64.6 Å². The molecule has 4 nitrogen and oxygen atoms in total. The Hall–Kier alpha value is -0.160. The van der Waals surface area contributed by atoms with Crippen LogP contribution in [0.1, 0.15) is 52.4 Å². The lowest BCUT2D eigenvalue weighted by atomic mass is 10.0. The van der Waals surface area contributed by atoms with Gasteiger partial charge in [0.05, 0.1) is 0 Å². The molecule has 2 heterocycles. The van der Waals surface area contributed by atoms with Crippen LogP contribution in [0.5, 0.6) is 0 Å². The summed E-state index contributed by atoms with van der Waals surface area (Å²) in [5, 5.41) is 2.41. The molecule has 0 spiro atoms. The first-order valence-corrected chi connectivity index (χ1v) is 8.20. The summed E-state index contributed by atoms with van der Waals surface area (Å²) in [6.07, 6.45) is 7.95. The van der Waals surface area contributed by atoms with Gasteiger partial charge in [-0.15, -0.1) is 0 Å². The van der Waals surface area contributed by atoms with E-state index in [-0.39, 0.29) is 6.23 Å². The molecule has 0 aliphatic carbocycles. The SMILES string of the molecule is CCN(CC)CCCCOC1CC2CCCCN2N1. The molecule has 2 aliphatic rings. The summed E-state index contributed by atoms with van der Waals surface area (Å²) in [6.45, 7) is 10.1. The second kappa shape index (κ2) is 8.20. The molecule has 0 radical (unpaired) electrons. The topological polar surface area (TPSA) is 27.7 Å². The highest BCUT2D eigenvalue weighted by molar-refractivity contribution is 4.82. The van der Waals surface area contributed by atoms with E-state index in [1.807, 2.05) is 0 Å². The first kappa shape index (κ1) is 15.2. The monoisotopic (exact) mass is 269 g/mol. The molecule has 1 N–H and O–H groups in total. The van der Waals surface area contributed by atoms with E-state index >= 15 is 0 Å². The third kappa shape index (κ3) is 4.71. The van der Waals surface area contributed by atoms with Gasteiger partial charge in [0, 0.05) is 25.6 Å². The van der Waals surface area contributed by atoms with Gasteiger partial charge >= 0.3 is 0 Å². The fourth-order valence-corrected chi connectivity index (χ4v) is 3.21. The first-order valence-electron chi connectivity index (χ1n) is 8.20. The van der Waals surface area contributed by atoms with Gasteiger partial charge in [0.1, 0.15) is 6.23 Å². The van der Waals surface area contributed by atoms with Crippen LogP contribution in [0.3, 0.4) is 0 Å². The van der Waals surface area contributed by atoms with Crippen molar-refractivity contribution < 1.29 is 4.74 Å². The molecule has 2 atom stereocenters. The van der Waals surface area contributed by atoms with Gasteiger partial charge in [0.25, 0.3) is 0 Å². The standard InChI is InChI=1S/C15H31N3O/c1-3-17(4-2)10-7-8-12-19-15-13-14-9-5-6-11-18(14)16-15/h14-16H,3-13H2,1-2H3. The van der Waals surface area contributed by atoms with Gasteiger partial charge in [0.15, 0.2) is 0 Å². The van der Waals surface area contributed by atoms with E-state index in [4.69, 9.17) is 4.74 Å². The Kier molecular flexibility index (Phi) is 6.57. The van der Waals surface area contributed by atoms with E-state index in [0.717, 1.165) is 25.7 Å². The Labute approximate surface area is 118 Å². The second-order valence-corrected chi connectivity index (χ2v) is 5.80. The number of nitrogens with zero attached hydrogens (tertiary/aromatic N) is 2. The minimum absolute atomic E-state index is 0.275. The van der Waals surface area contributed by atoms with Crippen LogP contribution in [0, 0.1) is 0 Å². The summed E-state index contributed by atoms with van der Waals surface area (Å²) in [4.78, 5) is 2.48. The van der Waals surface area contributed by atoms with Crippen molar-refractivity contribution in [2.75, 3.05) is 32.8 Å². The third-order valence-electron chi connectivity index (χ3n) is 4.51. The Balaban J connectivity index is 1.52. The summed E-state index contributed by atoms with van der Waals surface area (Å²) < 4.78 is 5.97. The highest BCUT2D eigenvalue weighted by Gasteiger charge is 2.33. The predicted molar refractivity (Wildman–Crippen MR) is 78.9 cm³/mol. The second-order valence-electron chi connectivity index (χ2n) is 5.80. The Bertz CT molecular complexity index is 232. The minimum Gasteiger partial charge on any atom is -0.362 e. The van der Waals surface area contributed by atoms with Crippen molar-refractivity contribution in [3.8, 4) is 0 Å². The maximum absolute atomic E-state index is 5.97. The minimum atomic E-state index is 0.275. The third-order valence-corrected chi connectivity index (χ3v) is 4.51. The van der Waals surface area contributed by atoms with Gasteiger partial charge < -0.3 is 9.64 Å². The van der Waals surface area contributed by atoms with Crippen LogP contribution in [0.25, 0.3) is 0 Å². The molecule has 4 heteroatoms. The summed E-state index contributed by atoms with van der Waals surface area (Å²) in [7, 11) is 0. The fraction of sp³-hybridized carbons (Fsp3) is 1.00. The highest BCUT2D eigenvalue weighted by atomic mass is 16.5. The van der Waals surface area contributed by atoms with Crippen LogP contribution in [0.15, 0.2) is 0 Å². The number of nitrogens with one attached hydrogen (secondary N) is 1. The van der Waals surface area contributed by atoms with E-state index in [1.54, 1.807) is 0 Å². The first-order chi connectivity index (χ1) is 9.33. The molecule has 19 heavy (non-hydrogen) atoms. The largest absolute Gasteiger partial charge is 0.362 e. The average Bonchev–Trinajstić information content (AvgIpc) is 2.85. The number of hydrogen-bond donors (Lipinski definition) is 1. The van der Waals surface area contributed by atoms with Crippen molar-refractivity contribution >= 4 is 0 Å². The molecule has 112 valence electrons. The van der Waals surface area contributed by atoms with Crippen molar-refractivity contribution in [1.29, 1.82) is 0 Å². The highest BCUT2D eigenvalue weighted by Crippen LogP contribution is 2.25. The van der Waals surface area contributed by atoms with E-state index in [1.165, 1.54) is 51.6 Å². The lowest BCUT2D eigenvalue weighted by Gasteiger charge is -2.28. The smallest absolute Gasteiger partial charge is 0.122 e. The number of ether oxygens (including phenoxy) is 1. The fourth-order valence-electron chi connectivity index (χ4n) is 3.21. The van der Waals surface area contributed by atoms with E-state index in [9.17, 15) is 0 Å². The zero-order valence-corrected chi connectivity index (χ0v) is 12.7. The number of rotatable bonds is 8. The summed E-state index contributed by atoms with van der Waals surface area (Å²) in [5.74, 6) is 0. The molecule has 2 rings (SSSR count). The molecule has 2 saturated heterocycles. The van der Waals surface area contributed by atoms with Crippen LogP contribution >= 0.6 is 0 Å². The quantitative estimate of drug-likeness (QED) is 0.684. The molecule has 2 aliphatic heterocycles. The zero-order chi connectivity index (χ0) is 13.5. The normalized spacial score (nSPS) is 27.9. The van der Waals surface area contributed by atoms with E-state index in [0.29, 0.717) is 0 Å². The van der Waals surface area contributed by atoms with Crippen molar-refractivity contribution in [3.05, 3.63) is 0 Å². The average molecular weight is 269 g/mol. The Morgan fingerprint density at radius 1 is 1.21 bits per heavy atom. The number of hydrogen-bond acceptors (Lipinski definition) is 4. The molecule has 0 bridgehead atoms. The molecule has 0 aromatic rings. The van der Waals surface area contributed by atoms with Crippen LogP contribution in [0.4, 0.5) is 0 Å². The summed E-state index contributed by atoms with van der Waals surface area (Å²) in [6, 6.07) is 0.731. The molecule has 0 amide bonds. The molecule has 0 aromatic heterocycles. The van der Waals surface area contributed by atoms with E-state index < -0.39 is 0 Å². The van der Waals surface area contributed by atoms with Crippen LogP contribution in [-0.4, -0.2) is 55.0 Å². The number of hydrazine groups is 1. The van der Waals surface area contributed by atoms with Crippen molar-refractivity contribution in [3.63, 3.8) is 0 Å². The zero-order valence-electron chi connectivity index (χ0n) is 12.7. The van der Waals surface area contributed by atoms with Gasteiger partial charge in [-0.05, 0) is 45.3 Å². The molecular formula is C15H31N3O. The molecule has 2 unspecified atom stereocenters. The molecule has 0 aromatic carbocycles. The van der Waals surface area contributed by atoms with Gasteiger partial charge in [-0.3, -0.25) is 0 Å². The van der Waals surface area contributed by atoms with Gasteiger partial charge in [-0.1, -0.05) is 20.3 Å². The van der Waals surface area contributed by atoms with Crippen LogP contribution in [-0.2, 0) is 4.74 Å². The number of unbranched alkanes of at least 4 members (excludes halogenated alkanes) is 1. The van der Waals surface area contributed by atoms with Gasteiger partial charge in [-0.25, -0.2) is 10.4 Å². The van der Waals surface area contributed by atoms with Crippen LogP contribution in [0.2, 0.25) is 0 Å². The maximum Gasteiger partial charge on any atom is 0.122 e. The Morgan fingerprint density at radius 2 is 2.05 bits per heavy atom. The van der Waals surface area contributed by atoms with Gasteiger partial charge in [-0.2, -0.15) is 0 Å². The van der Waals surface area contributed by atoms with Gasteiger partial charge in [0.2, 0.25) is 0 Å². The lowest BCUT2D eigenvalue weighted by Crippen LogP contribution is -2.42. The van der Waals surface area contributed by atoms with E-state index in [2.05, 4.69) is 29.2 Å². The van der Waals surface area contributed by atoms with Crippen molar-refractivity contribution in [2.24, 2.45) is 0 Å². The summed E-state index contributed by atoms with van der Waals surface area (Å²) in [5.41, 5.74) is 3.52.